The van der Waals surface area contributed by atoms with E-state index in [9.17, 15) is 8.42 Å². The minimum absolute atomic E-state index is 0.0999. The fraction of sp³-hybridized carbons (Fsp3) is 0.300. The number of ether oxygens (including phenoxy) is 1. The van der Waals surface area contributed by atoms with E-state index in [-0.39, 0.29) is 29.5 Å². The number of likely N-dealkylation sites (tertiary alicyclic amines) is 1. The van der Waals surface area contributed by atoms with E-state index in [4.69, 9.17) is 9.15 Å². The number of fused-ring (bicyclic) bond motifs is 2. The Balaban J connectivity index is 1.52. The van der Waals surface area contributed by atoms with Gasteiger partial charge in [0.1, 0.15) is 16.8 Å². The molecule has 0 unspecified atom stereocenters. The fourth-order valence-electron chi connectivity index (χ4n) is 3.94. The maximum absolute atomic E-state index is 13.5. The molecule has 29 heavy (non-hydrogen) atoms. The number of aromatic nitrogens is 2. The average molecular weight is 412 g/mol. The molecule has 3 aromatic rings. The minimum atomic E-state index is -3.80. The summed E-state index contributed by atoms with van der Waals surface area (Å²) in [4.78, 5) is 10.8. The molecular weight excluding hydrogens is 392 g/mol. The van der Waals surface area contributed by atoms with Crippen molar-refractivity contribution in [3.63, 3.8) is 0 Å². The highest BCUT2D eigenvalue weighted by Gasteiger charge is 2.47. The SMILES string of the molecule is O=S1(=O)c2cccnc2O[C@@H]2CN(Cc3ccco3)C[C@H]2N1Cc1ccccn1. The van der Waals surface area contributed by atoms with Crippen LogP contribution >= 0.6 is 0 Å². The van der Waals surface area contributed by atoms with Crippen LogP contribution in [0.1, 0.15) is 11.5 Å². The van der Waals surface area contributed by atoms with Crippen LogP contribution in [0, 0.1) is 0 Å². The van der Waals surface area contributed by atoms with Crippen LogP contribution in [0.2, 0.25) is 0 Å². The van der Waals surface area contributed by atoms with E-state index < -0.39 is 10.0 Å². The molecule has 0 radical (unpaired) electrons. The molecule has 3 aromatic heterocycles. The van der Waals surface area contributed by atoms with Crippen molar-refractivity contribution in [3.8, 4) is 5.88 Å². The van der Waals surface area contributed by atoms with Crippen LogP contribution in [0.5, 0.6) is 5.88 Å². The van der Waals surface area contributed by atoms with Crippen LogP contribution in [-0.4, -0.2) is 52.8 Å². The van der Waals surface area contributed by atoms with Crippen molar-refractivity contribution in [2.45, 2.75) is 30.1 Å². The highest BCUT2D eigenvalue weighted by atomic mass is 32.2. The van der Waals surface area contributed by atoms with Gasteiger partial charge in [-0.05, 0) is 36.4 Å². The van der Waals surface area contributed by atoms with Gasteiger partial charge in [-0.25, -0.2) is 13.4 Å². The monoisotopic (exact) mass is 412 g/mol. The Kier molecular flexibility index (Phi) is 4.57. The molecule has 2 aliphatic heterocycles. The maximum atomic E-state index is 13.5. The molecule has 5 heterocycles. The Morgan fingerprint density at radius 2 is 1.90 bits per heavy atom. The van der Waals surface area contributed by atoms with E-state index in [2.05, 4.69) is 14.9 Å². The van der Waals surface area contributed by atoms with Crippen molar-refractivity contribution < 1.29 is 17.6 Å². The lowest BCUT2D eigenvalue weighted by Crippen LogP contribution is -2.46. The highest BCUT2D eigenvalue weighted by Crippen LogP contribution is 2.35. The molecule has 1 fully saturated rings. The van der Waals surface area contributed by atoms with E-state index in [1.165, 1.54) is 4.31 Å². The van der Waals surface area contributed by atoms with Crippen LogP contribution in [-0.2, 0) is 23.1 Å². The summed E-state index contributed by atoms with van der Waals surface area (Å²) in [5, 5.41) is 0. The molecule has 150 valence electrons. The summed E-state index contributed by atoms with van der Waals surface area (Å²) in [5.41, 5.74) is 0.687. The second kappa shape index (κ2) is 7.25. The lowest BCUT2D eigenvalue weighted by Gasteiger charge is -2.27. The third-order valence-corrected chi connectivity index (χ3v) is 7.16. The molecule has 0 N–H and O–H groups in total. The zero-order chi connectivity index (χ0) is 19.8. The first-order chi connectivity index (χ1) is 14.1. The van der Waals surface area contributed by atoms with Gasteiger partial charge in [0.05, 0.1) is 31.1 Å². The third kappa shape index (κ3) is 3.41. The Bertz CT molecular complexity index is 1090. The van der Waals surface area contributed by atoms with Gasteiger partial charge in [0, 0.05) is 25.5 Å². The van der Waals surface area contributed by atoms with Gasteiger partial charge in [0.15, 0.2) is 0 Å². The van der Waals surface area contributed by atoms with Crippen molar-refractivity contribution in [2.75, 3.05) is 13.1 Å². The summed E-state index contributed by atoms with van der Waals surface area (Å²) in [5.74, 6) is 0.991. The molecule has 0 bridgehead atoms. The predicted molar refractivity (Wildman–Crippen MR) is 103 cm³/mol. The molecular formula is C20H20N4O4S. The normalized spacial score (nSPS) is 23.7. The lowest BCUT2D eigenvalue weighted by atomic mass is 10.2. The van der Waals surface area contributed by atoms with Crippen LogP contribution < -0.4 is 4.74 Å². The van der Waals surface area contributed by atoms with Gasteiger partial charge in [0.2, 0.25) is 15.9 Å². The first kappa shape index (κ1) is 18.3. The zero-order valence-corrected chi connectivity index (χ0v) is 16.4. The van der Waals surface area contributed by atoms with Crippen LogP contribution in [0.25, 0.3) is 0 Å². The second-order valence-corrected chi connectivity index (χ2v) is 9.03. The molecule has 0 aromatic carbocycles. The summed E-state index contributed by atoms with van der Waals surface area (Å²) >= 11 is 0. The van der Waals surface area contributed by atoms with Crippen molar-refractivity contribution in [2.24, 2.45) is 0 Å². The Labute approximate surface area is 168 Å². The molecule has 8 nitrogen and oxygen atoms in total. The van der Waals surface area contributed by atoms with Gasteiger partial charge >= 0.3 is 0 Å². The number of hydrogen-bond donors (Lipinski definition) is 0. The molecule has 0 saturated carbocycles. The van der Waals surface area contributed by atoms with Crippen molar-refractivity contribution in [1.82, 2.24) is 19.2 Å². The molecule has 5 rings (SSSR count). The molecule has 9 heteroatoms. The van der Waals surface area contributed by atoms with Gasteiger partial charge in [-0.15, -0.1) is 0 Å². The van der Waals surface area contributed by atoms with Gasteiger partial charge < -0.3 is 9.15 Å². The standard InChI is InChI=1S/C20H20N4O4S/c25-29(26)19-7-3-9-22-20(19)28-18-14-23(12-16-6-4-10-27-16)13-17(18)24(29)11-15-5-1-2-8-21-15/h1-10,17-18H,11-14H2/t17-,18-/m1/s1. The number of hydrogen-bond acceptors (Lipinski definition) is 7. The van der Waals surface area contributed by atoms with Crippen LogP contribution in [0.4, 0.5) is 0 Å². The van der Waals surface area contributed by atoms with E-state index in [0.29, 0.717) is 25.3 Å². The average Bonchev–Trinajstić information content (AvgIpc) is 3.36. The number of pyridine rings is 2. The van der Waals surface area contributed by atoms with Gasteiger partial charge in [-0.1, -0.05) is 6.07 Å². The zero-order valence-electron chi connectivity index (χ0n) is 15.6. The Morgan fingerprint density at radius 1 is 1.00 bits per heavy atom. The summed E-state index contributed by atoms with van der Waals surface area (Å²) in [6, 6.07) is 12.1. The maximum Gasteiger partial charge on any atom is 0.249 e. The second-order valence-electron chi connectivity index (χ2n) is 7.18. The molecule has 0 aliphatic carbocycles. The summed E-state index contributed by atoms with van der Waals surface area (Å²) in [6.45, 7) is 1.88. The fourth-order valence-corrected chi connectivity index (χ4v) is 5.63. The first-order valence-corrected chi connectivity index (χ1v) is 10.8. The van der Waals surface area contributed by atoms with Gasteiger partial charge in [-0.2, -0.15) is 4.31 Å². The van der Waals surface area contributed by atoms with Crippen molar-refractivity contribution in [3.05, 3.63) is 72.6 Å². The quantitative estimate of drug-likeness (QED) is 0.647. The van der Waals surface area contributed by atoms with E-state index in [1.807, 2.05) is 30.3 Å². The summed E-state index contributed by atoms with van der Waals surface area (Å²) < 4.78 is 40.1. The summed E-state index contributed by atoms with van der Waals surface area (Å²) in [7, 11) is -3.80. The van der Waals surface area contributed by atoms with E-state index in [1.54, 1.807) is 30.8 Å². The summed E-state index contributed by atoms with van der Waals surface area (Å²) in [6.07, 6.45) is 4.52. The minimum Gasteiger partial charge on any atom is -0.470 e. The topological polar surface area (TPSA) is 88.8 Å². The van der Waals surface area contributed by atoms with Crippen LogP contribution in [0.3, 0.4) is 0 Å². The predicted octanol–water partition coefficient (Wildman–Crippen LogP) is 1.91. The first-order valence-electron chi connectivity index (χ1n) is 9.39. The van der Waals surface area contributed by atoms with Crippen molar-refractivity contribution >= 4 is 10.0 Å². The lowest BCUT2D eigenvalue weighted by molar-refractivity contribution is 0.143. The Hall–Kier alpha value is -2.75. The smallest absolute Gasteiger partial charge is 0.249 e. The van der Waals surface area contributed by atoms with E-state index in [0.717, 1.165) is 5.76 Å². The molecule has 0 amide bonds. The number of rotatable bonds is 4. The molecule has 2 atom stereocenters. The third-order valence-electron chi connectivity index (χ3n) is 5.27. The van der Waals surface area contributed by atoms with Gasteiger partial charge in [0.25, 0.3) is 0 Å². The number of sulfonamides is 1. The van der Waals surface area contributed by atoms with Gasteiger partial charge in [-0.3, -0.25) is 9.88 Å². The molecule has 1 saturated heterocycles. The number of furan rings is 1. The van der Waals surface area contributed by atoms with Crippen molar-refractivity contribution in [1.29, 1.82) is 0 Å². The largest absolute Gasteiger partial charge is 0.470 e. The van der Waals surface area contributed by atoms with Crippen LogP contribution in [0.15, 0.2) is 70.4 Å². The number of nitrogens with zero attached hydrogens (tertiary/aromatic N) is 4. The van der Waals surface area contributed by atoms with E-state index >= 15 is 0 Å². The highest BCUT2D eigenvalue weighted by molar-refractivity contribution is 7.89. The Morgan fingerprint density at radius 3 is 2.69 bits per heavy atom. The molecule has 0 spiro atoms. The molecule has 2 aliphatic rings.